The van der Waals surface area contributed by atoms with Crippen molar-refractivity contribution in [2.24, 2.45) is 0 Å². The summed E-state index contributed by atoms with van der Waals surface area (Å²) in [6.45, 7) is 2.31. The maximum atomic E-state index is 11.9. The average Bonchev–Trinajstić information content (AvgIpc) is 2.57. The monoisotopic (exact) mass is 211 g/mol. The molecule has 1 N–H and O–H groups in total. The Morgan fingerprint density at radius 3 is 3.00 bits per heavy atom. The minimum atomic E-state index is 0.0975. The highest BCUT2D eigenvalue weighted by Gasteiger charge is 2.49. The Hall–Kier alpha value is -0.570. The molecule has 0 aliphatic carbocycles. The first-order chi connectivity index (χ1) is 7.23. The number of fused-ring (bicyclic) bond motifs is 1. The van der Waals surface area contributed by atoms with E-state index in [0.29, 0.717) is 6.42 Å². The van der Waals surface area contributed by atoms with Gasteiger partial charge in [-0.05, 0) is 32.1 Å². The summed E-state index contributed by atoms with van der Waals surface area (Å²) in [4.78, 5) is 13.9. The van der Waals surface area contributed by atoms with E-state index in [4.69, 9.17) is 0 Å². The van der Waals surface area contributed by atoms with Gasteiger partial charge in [0.25, 0.3) is 0 Å². The fraction of sp³-hybridized carbons (Fsp3) is 0.917. The number of rotatable bonds is 3. The second-order valence-electron chi connectivity index (χ2n) is 4.97. The molecule has 2 heterocycles. The number of hydrogen-bond acceptors (Lipinski definition) is 2. The van der Waals surface area contributed by atoms with Gasteiger partial charge in [0, 0.05) is 12.0 Å². The summed E-state index contributed by atoms with van der Waals surface area (Å²) in [5.74, 6) is 0.266. The SMILES string of the molecule is CCC[C@@]12CCC[C@H](CO)N1C(=O)CC2. The third-order valence-electron chi connectivity index (χ3n) is 4.05. The molecule has 2 atom stereocenters. The standard InChI is InChI=1S/C12H21NO2/c1-2-6-12-7-3-4-10(9-14)13(12)11(15)5-8-12/h10,14H,2-9H2,1H3/t10-,12+/m1/s1. The molecule has 2 aliphatic rings. The molecular weight excluding hydrogens is 190 g/mol. The zero-order valence-electron chi connectivity index (χ0n) is 9.54. The van der Waals surface area contributed by atoms with Gasteiger partial charge in [-0.25, -0.2) is 0 Å². The van der Waals surface area contributed by atoms with Crippen LogP contribution in [-0.2, 0) is 4.79 Å². The maximum absolute atomic E-state index is 11.9. The van der Waals surface area contributed by atoms with Crippen molar-refractivity contribution in [3.05, 3.63) is 0 Å². The largest absolute Gasteiger partial charge is 0.394 e. The van der Waals surface area contributed by atoms with Crippen LogP contribution in [-0.4, -0.2) is 34.1 Å². The molecule has 0 saturated carbocycles. The Kier molecular flexibility index (Phi) is 3.01. The number of piperidine rings is 1. The lowest BCUT2D eigenvalue weighted by atomic mass is 9.80. The van der Waals surface area contributed by atoms with Gasteiger partial charge in [-0.3, -0.25) is 4.79 Å². The summed E-state index contributed by atoms with van der Waals surface area (Å²) in [6.07, 6.45) is 7.22. The first-order valence-corrected chi connectivity index (χ1v) is 6.16. The molecule has 2 rings (SSSR count). The van der Waals surface area contributed by atoms with Crippen molar-refractivity contribution >= 4 is 5.91 Å². The van der Waals surface area contributed by atoms with Gasteiger partial charge in [0.2, 0.25) is 5.91 Å². The molecule has 1 amide bonds. The molecule has 3 heteroatoms. The van der Waals surface area contributed by atoms with Gasteiger partial charge >= 0.3 is 0 Å². The molecule has 0 aromatic carbocycles. The number of carbonyl (C=O) groups is 1. The van der Waals surface area contributed by atoms with Crippen LogP contribution in [0, 0.1) is 0 Å². The van der Waals surface area contributed by atoms with E-state index in [9.17, 15) is 9.90 Å². The maximum Gasteiger partial charge on any atom is 0.223 e. The molecular formula is C12H21NO2. The third kappa shape index (κ3) is 1.67. The number of aliphatic hydroxyl groups is 1. The molecule has 15 heavy (non-hydrogen) atoms. The number of hydrogen-bond donors (Lipinski definition) is 1. The van der Waals surface area contributed by atoms with Crippen LogP contribution in [0.3, 0.4) is 0 Å². The minimum Gasteiger partial charge on any atom is -0.394 e. The molecule has 0 unspecified atom stereocenters. The van der Waals surface area contributed by atoms with Gasteiger partial charge < -0.3 is 10.0 Å². The second kappa shape index (κ2) is 4.12. The Labute approximate surface area is 91.5 Å². The van der Waals surface area contributed by atoms with Crippen LogP contribution in [0.25, 0.3) is 0 Å². The molecule has 0 bridgehead atoms. The van der Waals surface area contributed by atoms with Crippen molar-refractivity contribution < 1.29 is 9.90 Å². The van der Waals surface area contributed by atoms with E-state index >= 15 is 0 Å². The Morgan fingerprint density at radius 1 is 1.53 bits per heavy atom. The summed E-state index contributed by atoms with van der Waals surface area (Å²) in [7, 11) is 0. The van der Waals surface area contributed by atoms with Crippen molar-refractivity contribution in [1.82, 2.24) is 4.90 Å². The molecule has 0 spiro atoms. The van der Waals surface area contributed by atoms with E-state index in [1.54, 1.807) is 0 Å². The van der Waals surface area contributed by atoms with Crippen LogP contribution >= 0.6 is 0 Å². The highest BCUT2D eigenvalue weighted by atomic mass is 16.3. The normalized spacial score (nSPS) is 35.7. The molecule has 86 valence electrons. The van der Waals surface area contributed by atoms with E-state index in [1.807, 2.05) is 4.90 Å². The van der Waals surface area contributed by atoms with Crippen LogP contribution in [0.5, 0.6) is 0 Å². The smallest absolute Gasteiger partial charge is 0.223 e. The first kappa shape index (κ1) is 10.9. The van der Waals surface area contributed by atoms with Gasteiger partial charge in [0.15, 0.2) is 0 Å². The lowest BCUT2D eigenvalue weighted by Crippen LogP contribution is -2.55. The zero-order chi connectivity index (χ0) is 10.9. The molecule has 2 saturated heterocycles. The fourth-order valence-electron chi connectivity index (χ4n) is 3.49. The summed E-state index contributed by atoms with van der Waals surface area (Å²) in [5.41, 5.74) is 0.109. The Balaban J connectivity index is 2.23. The molecule has 2 fully saturated rings. The highest BCUT2D eigenvalue weighted by molar-refractivity contribution is 5.80. The summed E-state index contributed by atoms with van der Waals surface area (Å²) in [5, 5.41) is 9.34. The topological polar surface area (TPSA) is 40.5 Å². The van der Waals surface area contributed by atoms with Crippen molar-refractivity contribution in [3.63, 3.8) is 0 Å². The van der Waals surface area contributed by atoms with Crippen molar-refractivity contribution in [2.45, 2.75) is 63.5 Å². The minimum absolute atomic E-state index is 0.0975. The van der Waals surface area contributed by atoms with Crippen LogP contribution in [0.2, 0.25) is 0 Å². The van der Waals surface area contributed by atoms with Gasteiger partial charge in [-0.1, -0.05) is 13.3 Å². The van der Waals surface area contributed by atoms with E-state index in [0.717, 1.165) is 38.5 Å². The summed E-state index contributed by atoms with van der Waals surface area (Å²) >= 11 is 0. The fourth-order valence-corrected chi connectivity index (χ4v) is 3.49. The highest BCUT2D eigenvalue weighted by Crippen LogP contribution is 2.43. The van der Waals surface area contributed by atoms with Gasteiger partial charge in [0.05, 0.1) is 12.6 Å². The molecule has 3 nitrogen and oxygen atoms in total. The van der Waals surface area contributed by atoms with Crippen molar-refractivity contribution in [2.75, 3.05) is 6.61 Å². The predicted molar refractivity (Wildman–Crippen MR) is 58.4 cm³/mol. The lowest BCUT2D eigenvalue weighted by molar-refractivity contribution is -0.138. The Bertz CT molecular complexity index is 250. The van der Waals surface area contributed by atoms with Gasteiger partial charge in [0.1, 0.15) is 0 Å². The van der Waals surface area contributed by atoms with E-state index in [2.05, 4.69) is 6.92 Å². The second-order valence-corrected chi connectivity index (χ2v) is 4.97. The van der Waals surface area contributed by atoms with E-state index < -0.39 is 0 Å². The van der Waals surface area contributed by atoms with Crippen LogP contribution in [0.15, 0.2) is 0 Å². The van der Waals surface area contributed by atoms with Crippen LogP contribution < -0.4 is 0 Å². The van der Waals surface area contributed by atoms with Crippen molar-refractivity contribution in [1.29, 1.82) is 0 Å². The molecule has 0 aromatic rings. The number of aliphatic hydroxyl groups excluding tert-OH is 1. The van der Waals surface area contributed by atoms with Gasteiger partial charge in [-0.2, -0.15) is 0 Å². The van der Waals surface area contributed by atoms with Crippen LogP contribution in [0.1, 0.15) is 51.9 Å². The lowest BCUT2D eigenvalue weighted by Gasteiger charge is -2.47. The summed E-state index contributed by atoms with van der Waals surface area (Å²) < 4.78 is 0. The van der Waals surface area contributed by atoms with E-state index in [-0.39, 0.29) is 24.1 Å². The molecule has 0 radical (unpaired) electrons. The van der Waals surface area contributed by atoms with Gasteiger partial charge in [-0.15, -0.1) is 0 Å². The van der Waals surface area contributed by atoms with E-state index in [1.165, 1.54) is 0 Å². The van der Waals surface area contributed by atoms with Crippen LogP contribution in [0.4, 0.5) is 0 Å². The first-order valence-electron chi connectivity index (χ1n) is 6.16. The molecule has 0 aromatic heterocycles. The summed E-state index contributed by atoms with van der Waals surface area (Å²) in [6, 6.07) is 0.0975. The number of nitrogens with zero attached hydrogens (tertiary/aromatic N) is 1. The third-order valence-corrected chi connectivity index (χ3v) is 4.05. The van der Waals surface area contributed by atoms with Crippen molar-refractivity contribution in [3.8, 4) is 0 Å². The zero-order valence-corrected chi connectivity index (χ0v) is 9.54. The Morgan fingerprint density at radius 2 is 2.33 bits per heavy atom. The molecule has 2 aliphatic heterocycles. The average molecular weight is 211 g/mol. The quantitative estimate of drug-likeness (QED) is 0.771. The number of amides is 1. The number of carbonyl (C=O) groups excluding carboxylic acids is 1. The predicted octanol–water partition coefficient (Wildman–Crippen LogP) is 1.69.